The number of fused-ring (bicyclic) bond motifs is 3. The molecule has 0 aliphatic carbocycles. The molecule has 9 atom stereocenters. The molecule has 0 aromatic rings. The molecule has 0 spiro atoms. The molecular formula is C29H42O7. The summed E-state index contributed by atoms with van der Waals surface area (Å²) >= 11 is 0. The van der Waals surface area contributed by atoms with Crippen molar-refractivity contribution >= 4 is 5.97 Å². The van der Waals surface area contributed by atoms with E-state index in [2.05, 4.69) is 19.6 Å². The molecule has 4 aliphatic heterocycles. The zero-order valence-electron chi connectivity index (χ0n) is 21.4. The van der Waals surface area contributed by atoms with Crippen LogP contribution < -0.4 is 0 Å². The molecule has 2 unspecified atom stereocenters. The molecule has 0 saturated carbocycles. The summed E-state index contributed by atoms with van der Waals surface area (Å²) in [6.07, 6.45) is 14.8. The highest BCUT2D eigenvalue weighted by Gasteiger charge is 2.46. The van der Waals surface area contributed by atoms with Crippen LogP contribution in [-0.4, -0.2) is 71.6 Å². The molecule has 4 heterocycles. The van der Waals surface area contributed by atoms with Crippen LogP contribution in [0.5, 0.6) is 0 Å². The van der Waals surface area contributed by atoms with Gasteiger partial charge in [-0.05, 0) is 57.3 Å². The Balaban J connectivity index is 1.44. The number of ether oxygens (including phenoxy) is 4. The highest BCUT2D eigenvalue weighted by molar-refractivity contribution is 5.82. The van der Waals surface area contributed by atoms with E-state index in [9.17, 15) is 15.0 Å². The van der Waals surface area contributed by atoms with Gasteiger partial charge in [-0.3, -0.25) is 0 Å². The molecule has 2 fully saturated rings. The first-order valence-corrected chi connectivity index (χ1v) is 13.5. The Bertz CT molecular complexity index is 827. The first-order valence-electron chi connectivity index (χ1n) is 13.5. The summed E-state index contributed by atoms with van der Waals surface area (Å²) in [4.78, 5) is 12.6. The van der Waals surface area contributed by atoms with Crippen LogP contribution in [0.2, 0.25) is 0 Å². The number of hydrogen-bond donors (Lipinski definition) is 2. The van der Waals surface area contributed by atoms with Crippen LogP contribution >= 0.6 is 0 Å². The molecule has 4 rings (SSSR count). The number of rotatable bonds is 3. The molecule has 0 radical (unpaired) electrons. The molecule has 7 nitrogen and oxygen atoms in total. The van der Waals surface area contributed by atoms with Gasteiger partial charge in [-0.1, -0.05) is 49.5 Å². The SMILES string of the molecule is C=C1C[C@H](C)C[C@@H]2CC=C[C@@H](CC=CC(=O)OC([C@@H](O)C=CC3CCCCO3)C[C@@H]3O[C@H]3[C@@H](O)C1)O2. The lowest BCUT2D eigenvalue weighted by Crippen LogP contribution is -2.32. The fraction of sp³-hybridized carbons (Fsp3) is 0.690. The summed E-state index contributed by atoms with van der Waals surface area (Å²) in [6.45, 7) is 7.10. The van der Waals surface area contributed by atoms with Gasteiger partial charge in [0.15, 0.2) is 0 Å². The van der Waals surface area contributed by atoms with Gasteiger partial charge < -0.3 is 29.2 Å². The van der Waals surface area contributed by atoms with E-state index >= 15 is 0 Å². The number of carbonyl (C=O) groups is 1. The molecule has 4 aliphatic rings. The molecule has 2 bridgehead atoms. The van der Waals surface area contributed by atoms with Crippen molar-refractivity contribution in [3.63, 3.8) is 0 Å². The summed E-state index contributed by atoms with van der Waals surface area (Å²) in [6, 6.07) is 0. The molecule has 200 valence electrons. The molecule has 7 heteroatoms. The topological polar surface area (TPSA) is 97.8 Å². The Morgan fingerprint density at radius 2 is 2.00 bits per heavy atom. The second-order valence-electron chi connectivity index (χ2n) is 10.8. The average molecular weight is 503 g/mol. The van der Waals surface area contributed by atoms with Gasteiger partial charge in [0.2, 0.25) is 0 Å². The molecule has 0 amide bonds. The van der Waals surface area contributed by atoms with E-state index in [0.717, 1.165) is 44.1 Å². The zero-order chi connectivity index (χ0) is 25.5. The van der Waals surface area contributed by atoms with Gasteiger partial charge in [0, 0.05) is 19.1 Å². The minimum absolute atomic E-state index is 0.0317. The first kappa shape index (κ1) is 27.3. The van der Waals surface area contributed by atoms with E-state index in [0.29, 0.717) is 31.8 Å². The molecule has 2 N–H and O–H groups in total. The van der Waals surface area contributed by atoms with Crippen molar-refractivity contribution in [2.75, 3.05) is 6.61 Å². The first-order chi connectivity index (χ1) is 17.4. The van der Waals surface area contributed by atoms with Crippen LogP contribution in [-0.2, 0) is 23.7 Å². The number of epoxide rings is 1. The van der Waals surface area contributed by atoms with Gasteiger partial charge in [-0.2, -0.15) is 0 Å². The molecule has 2 saturated heterocycles. The fourth-order valence-electron chi connectivity index (χ4n) is 5.47. The molecular weight excluding hydrogens is 460 g/mol. The highest BCUT2D eigenvalue weighted by Crippen LogP contribution is 2.35. The predicted molar refractivity (Wildman–Crippen MR) is 136 cm³/mol. The van der Waals surface area contributed by atoms with Crippen LogP contribution in [0.4, 0.5) is 0 Å². The van der Waals surface area contributed by atoms with E-state index in [4.69, 9.17) is 18.9 Å². The fourth-order valence-corrected chi connectivity index (χ4v) is 5.47. The third-order valence-corrected chi connectivity index (χ3v) is 7.39. The number of aliphatic hydroxyl groups excluding tert-OH is 2. The van der Waals surface area contributed by atoms with E-state index in [1.807, 2.05) is 12.2 Å². The Morgan fingerprint density at radius 1 is 1.14 bits per heavy atom. The number of hydrogen-bond acceptors (Lipinski definition) is 7. The highest BCUT2D eigenvalue weighted by atomic mass is 16.6. The van der Waals surface area contributed by atoms with Crippen LogP contribution in [0, 0.1) is 5.92 Å². The van der Waals surface area contributed by atoms with E-state index in [1.54, 1.807) is 12.2 Å². The van der Waals surface area contributed by atoms with Gasteiger partial charge in [0.1, 0.15) is 18.3 Å². The van der Waals surface area contributed by atoms with Crippen molar-refractivity contribution in [3.8, 4) is 0 Å². The van der Waals surface area contributed by atoms with Gasteiger partial charge in [-0.25, -0.2) is 4.79 Å². The smallest absolute Gasteiger partial charge is 0.330 e. The van der Waals surface area contributed by atoms with Crippen molar-refractivity contribution in [1.82, 2.24) is 0 Å². The minimum Gasteiger partial charge on any atom is -0.456 e. The standard InChI is InChI=1S/C29H42O7/c1-19-15-20(2)17-25(31)29-27(36-29)18-26(24(30)13-12-21-7-3-4-14-33-21)35-28(32)11-6-9-22-8-5-10-23(16-19)34-22/h5-6,8,11-13,19,21-27,29-31H,2-4,7,9-10,14-18H2,1H3/t19-,21?,22-,23-,24-,25-,26?,27-,29-/m0/s1. The summed E-state index contributed by atoms with van der Waals surface area (Å²) < 4.78 is 23.3. The third kappa shape index (κ3) is 8.38. The van der Waals surface area contributed by atoms with Crippen LogP contribution in [0.25, 0.3) is 0 Å². The third-order valence-electron chi connectivity index (χ3n) is 7.39. The Labute approximate surface area is 214 Å². The lowest BCUT2D eigenvalue weighted by molar-refractivity contribution is -0.148. The Morgan fingerprint density at radius 3 is 2.81 bits per heavy atom. The lowest BCUT2D eigenvalue weighted by Gasteiger charge is -2.28. The van der Waals surface area contributed by atoms with Crippen LogP contribution in [0.15, 0.2) is 48.6 Å². The van der Waals surface area contributed by atoms with E-state index in [1.165, 1.54) is 6.08 Å². The molecule has 0 aromatic carbocycles. The number of aliphatic hydroxyl groups is 2. The van der Waals surface area contributed by atoms with Gasteiger partial charge in [0.25, 0.3) is 0 Å². The maximum Gasteiger partial charge on any atom is 0.330 e. The maximum atomic E-state index is 12.6. The number of esters is 1. The average Bonchev–Trinajstić information content (AvgIpc) is 3.62. The van der Waals surface area contributed by atoms with Crippen molar-refractivity contribution in [2.24, 2.45) is 5.92 Å². The maximum absolute atomic E-state index is 12.6. The summed E-state index contributed by atoms with van der Waals surface area (Å²) in [5, 5.41) is 21.6. The summed E-state index contributed by atoms with van der Waals surface area (Å²) in [5.74, 6) is -0.125. The van der Waals surface area contributed by atoms with Crippen molar-refractivity contribution < 1.29 is 34.0 Å². The van der Waals surface area contributed by atoms with Crippen molar-refractivity contribution in [3.05, 3.63) is 48.6 Å². The number of cyclic esters (lactones) is 1. The van der Waals surface area contributed by atoms with Crippen molar-refractivity contribution in [2.45, 2.75) is 114 Å². The normalized spacial score (nSPS) is 39.6. The van der Waals surface area contributed by atoms with Gasteiger partial charge >= 0.3 is 5.97 Å². The lowest BCUT2D eigenvalue weighted by atomic mass is 9.91. The predicted octanol–water partition coefficient (Wildman–Crippen LogP) is 3.94. The van der Waals surface area contributed by atoms with Gasteiger partial charge in [-0.15, -0.1) is 0 Å². The van der Waals surface area contributed by atoms with Gasteiger partial charge in [0.05, 0.1) is 30.5 Å². The second-order valence-corrected chi connectivity index (χ2v) is 10.8. The summed E-state index contributed by atoms with van der Waals surface area (Å²) in [5.41, 5.74) is 0.995. The van der Waals surface area contributed by atoms with E-state index < -0.39 is 24.3 Å². The Hall–Kier alpha value is -1.77. The second kappa shape index (κ2) is 13.2. The largest absolute Gasteiger partial charge is 0.456 e. The Kier molecular flexibility index (Phi) is 9.96. The summed E-state index contributed by atoms with van der Waals surface area (Å²) in [7, 11) is 0. The zero-order valence-corrected chi connectivity index (χ0v) is 21.4. The quantitative estimate of drug-likeness (QED) is 0.343. The van der Waals surface area contributed by atoms with Crippen LogP contribution in [0.1, 0.15) is 64.7 Å². The minimum atomic E-state index is -0.998. The van der Waals surface area contributed by atoms with Crippen LogP contribution in [0.3, 0.4) is 0 Å². The molecule has 0 aromatic heterocycles. The molecule has 36 heavy (non-hydrogen) atoms. The van der Waals surface area contributed by atoms with E-state index in [-0.39, 0.29) is 30.5 Å². The number of carbonyl (C=O) groups excluding carboxylic acids is 1. The van der Waals surface area contributed by atoms with Crippen molar-refractivity contribution in [1.29, 1.82) is 0 Å². The monoisotopic (exact) mass is 502 g/mol.